The van der Waals surface area contributed by atoms with E-state index in [0.29, 0.717) is 19.3 Å². The van der Waals surface area contributed by atoms with Gasteiger partial charge in [0.05, 0.1) is 0 Å². The average molecular weight is 1090 g/mol. The lowest BCUT2D eigenvalue weighted by atomic mass is 10.1. The SMILES string of the molecule is CC/C=C\C/C=C\C/C=C\C/C=C\C/C=C\C/C=C\C/C=C\C/C=C\C/C=C\CCCCCC(=O)OCC(COC(=O)CCCCCCC/C=C\CCCCCCCC)OC(=O)CCCCCCC/C=C\CCCCCCCC. The minimum Gasteiger partial charge on any atom is -0.462 e. The van der Waals surface area contributed by atoms with Gasteiger partial charge in [0.1, 0.15) is 13.2 Å². The average Bonchev–Trinajstić information content (AvgIpc) is 3.45. The zero-order chi connectivity index (χ0) is 57.1. The maximum absolute atomic E-state index is 12.9. The molecule has 0 aromatic rings. The molecule has 0 saturated carbocycles. The lowest BCUT2D eigenvalue weighted by Gasteiger charge is -2.18. The van der Waals surface area contributed by atoms with Crippen LogP contribution in [-0.2, 0) is 28.6 Å². The Labute approximate surface area is 487 Å². The summed E-state index contributed by atoms with van der Waals surface area (Å²) in [4.78, 5) is 38.3. The third-order valence-corrected chi connectivity index (χ3v) is 13.6. The van der Waals surface area contributed by atoms with Gasteiger partial charge in [-0.3, -0.25) is 14.4 Å². The van der Waals surface area contributed by atoms with Gasteiger partial charge < -0.3 is 14.2 Å². The number of allylic oxidation sites excluding steroid dienone is 22. The Morgan fingerprint density at radius 1 is 0.266 bits per heavy atom. The third-order valence-electron chi connectivity index (χ3n) is 13.6. The summed E-state index contributed by atoms with van der Waals surface area (Å²) in [5.41, 5.74) is 0. The summed E-state index contributed by atoms with van der Waals surface area (Å²) in [7, 11) is 0. The van der Waals surface area contributed by atoms with Gasteiger partial charge in [-0.05, 0) is 141 Å². The molecule has 0 aromatic carbocycles. The predicted molar refractivity (Wildman–Crippen MR) is 343 cm³/mol. The Balaban J connectivity index is 4.40. The standard InChI is InChI=1S/C73H120O6/c1-4-7-10-13-16-19-22-25-28-29-30-31-32-33-34-35-36-37-38-39-40-41-42-43-46-48-51-54-57-60-63-66-72(75)78-69-70(79-73(76)67-64-61-58-55-52-49-45-27-24-21-18-15-12-9-6-3)68-77-71(74)65-62-59-56-53-50-47-44-26-23-20-17-14-11-8-5-2/h7,10,16,19,25-28,30-31,33-34,36-37,39-40,42-45,48,51,70H,4-6,8-9,11-15,17-18,20-24,29,32,35,38,41,46-47,49-50,52-69H2,1-3H3/b10-7-,19-16-,28-25-,31-30-,34-33-,37-36-,40-39-,43-42-,44-26-,45-27-,51-48-. The molecule has 0 heterocycles. The summed E-state index contributed by atoms with van der Waals surface area (Å²) in [5, 5.41) is 0. The van der Waals surface area contributed by atoms with Gasteiger partial charge in [-0.15, -0.1) is 0 Å². The number of unbranched alkanes of at least 4 members (excludes halogenated alkanes) is 25. The summed E-state index contributed by atoms with van der Waals surface area (Å²) in [6, 6.07) is 0. The van der Waals surface area contributed by atoms with Gasteiger partial charge in [-0.25, -0.2) is 0 Å². The van der Waals surface area contributed by atoms with Crippen LogP contribution in [0.2, 0.25) is 0 Å². The van der Waals surface area contributed by atoms with Crippen LogP contribution in [-0.4, -0.2) is 37.2 Å². The van der Waals surface area contributed by atoms with E-state index >= 15 is 0 Å². The van der Waals surface area contributed by atoms with Crippen molar-refractivity contribution >= 4 is 17.9 Å². The van der Waals surface area contributed by atoms with Crippen LogP contribution in [0.15, 0.2) is 134 Å². The molecule has 1 atom stereocenters. The summed E-state index contributed by atoms with van der Waals surface area (Å²) in [5.74, 6) is -0.946. The van der Waals surface area contributed by atoms with Gasteiger partial charge in [-0.1, -0.05) is 264 Å². The fourth-order valence-corrected chi connectivity index (χ4v) is 8.72. The second kappa shape index (κ2) is 66.1. The molecule has 0 rings (SSSR count). The van der Waals surface area contributed by atoms with E-state index in [0.717, 1.165) is 148 Å². The Morgan fingerprint density at radius 3 is 0.797 bits per heavy atom. The van der Waals surface area contributed by atoms with Crippen LogP contribution in [0.4, 0.5) is 0 Å². The van der Waals surface area contributed by atoms with E-state index in [9.17, 15) is 14.4 Å². The van der Waals surface area contributed by atoms with Gasteiger partial charge in [0, 0.05) is 19.3 Å². The molecule has 0 radical (unpaired) electrons. The zero-order valence-corrected chi connectivity index (χ0v) is 51.3. The van der Waals surface area contributed by atoms with Gasteiger partial charge >= 0.3 is 17.9 Å². The minimum absolute atomic E-state index is 0.0986. The topological polar surface area (TPSA) is 78.9 Å². The first kappa shape index (κ1) is 74.5. The lowest BCUT2D eigenvalue weighted by Crippen LogP contribution is -2.30. The highest BCUT2D eigenvalue weighted by Gasteiger charge is 2.19. The van der Waals surface area contributed by atoms with Crippen LogP contribution >= 0.6 is 0 Å². The molecule has 0 aliphatic rings. The normalized spacial score (nSPS) is 13.0. The van der Waals surface area contributed by atoms with Crippen LogP contribution in [0.3, 0.4) is 0 Å². The smallest absolute Gasteiger partial charge is 0.306 e. The Bertz CT molecular complexity index is 1680. The lowest BCUT2D eigenvalue weighted by molar-refractivity contribution is -0.167. The van der Waals surface area contributed by atoms with Crippen molar-refractivity contribution in [3.05, 3.63) is 134 Å². The molecule has 0 bridgehead atoms. The minimum atomic E-state index is -0.804. The molecule has 6 heteroatoms. The first-order valence-electron chi connectivity index (χ1n) is 32.7. The van der Waals surface area contributed by atoms with Gasteiger partial charge in [0.15, 0.2) is 6.10 Å². The second-order valence-corrected chi connectivity index (χ2v) is 21.3. The summed E-state index contributed by atoms with van der Waals surface area (Å²) >= 11 is 0. The molecular formula is C73H120O6. The molecule has 79 heavy (non-hydrogen) atoms. The van der Waals surface area contributed by atoms with Crippen molar-refractivity contribution in [1.29, 1.82) is 0 Å². The van der Waals surface area contributed by atoms with Crippen LogP contribution < -0.4 is 0 Å². The fraction of sp³-hybridized carbons (Fsp3) is 0.658. The van der Waals surface area contributed by atoms with E-state index in [1.807, 2.05) is 0 Å². The van der Waals surface area contributed by atoms with Gasteiger partial charge in [0.25, 0.3) is 0 Å². The number of hydrogen-bond donors (Lipinski definition) is 0. The zero-order valence-electron chi connectivity index (χ0n) is 51.3. The van der Waals surface area contributed by atoms with E-state index in [1.165, 1.54) is 103 Å². The van der Waals surface area contributed by atoms with Crippen molar-refractivity contribution in [3.63, 3.8) is 0 Å². The fourth-order valence-electron chi connectivity index (χ4n) is 8.72. The number of carbonyl (C=O) groups excluding carboxylic acids is 3. The summed E-state index contributed by atoms with van der Waals surface area (Å²) in [6.45, 7) is 6.48. The molecule has 0 saturated heterocycles. The maximum atomic E-state index is 12.9. The highest BCUT2D eigenvalue weighted by atomic mass is 16.6. The van der Waals surface area contributed by atoms with Crippen molar-refractivity contribution < 1.29 is 28.6 Å². The van der Waals surface area contributed by atoms with Crippen molar-refractivity contribution in [1.82, 2.24) is 0 Å². The molecular weight excluding hydrogens is 973 g/mol. The van der Waals surface area contributed by atoms with Crippen molar-refractivity contribution in [3.8, 4) is 0 Å². The molecule has 448 valence electrons. The van der Waals surface area contributed by atoms with E-state index < -0.39 is 6.10 Å². The number of hydrogen-bond acceptors (Lipinski definition) is 6. The Hall–Kier alpha value is -4.45. The van der Waals surface area contributed by atoms with Gasteiger partial charge in [-0.2, -0.15) is 0 Å². The second-order valence-electron chi connectivity index (χ2n) is 21.3. The predicted octanol–water partition coefficient (Wildman–Crippen LogP) is 22.5. The molecule has 0 fully saturated rings. The number of carbonyl (C=O) groups is 3. The van der Waals surface area contributed by atoms with Crippen LogP contribution in [0.5, 0.6) is 0 Å². The maximum Gasteiger partial charge on any atom is 0.306 e. The Morgan fingerprint density at radius 2 is 0.494 bits per heavy atom. The molecule has 0 aliphatic heterocycles. The summed E-state index contributed by atoms with van der Waals surface area (Å²) < 4.78 is 16.9. The van der Waals surface area contributed by atoms with E-state index in [4.69, 9.17) is 14.2 Å². The van der Waals surface area contributed by atoms with Crippen molar-refractivity contribution in [2.24, 2.45) is 0 Å². The molecule has 0 N–H and O–H groups in total. The van der Waals surface area contributed by atoms with Crippen LogP contribution in [0.25, 0.3) is 0 Å². The molecule has 0 spiro atoms. The summed E-state index contributed by atoms with van der Waals surface area (Å²) in [6.07, 6.45) is 93.1. The van der Waals surface area contributed by atoms with E-state index in [-0.39, 0.29) is 31.1 Å². The number of rotatable bonds is 58. The third kappa shape index (κ3) is 64.3. The Kier molecular flexibility index (Phi) is 62.3. The molecule has 0 amide bonds. The quantitative estimate of drug-likeness (QED) is 0.0261. The molecule has 0 aromatic heterocycles. The van der Waals surface area contributed by atoms with E-state index in [2.05, 4.69) is 154 Å². The highest BCUT2D eigenvalue weighted by Crippen LogP contribution is 2.14. The molecule has 0 aliphatic carbocycles. The molecule has 1 unspecified atom stereocenters. The first-order chi connectivity index (χ1) is 39.0. The number of ether oxygens (including phenoxy) is 3. The van der Waals surface area contributed by atoms with Gasteiger partial charge in [0.2, 0.25) is 0 Å². The largest absolute Gasteiger partial charge is 0.462 e. The monoisotopic (exact) mass is 1090 g/mol. The number of esters is 3. The first-order valence-corrected chi connectivity index (χ1v) is 32.7. The van der Waals surface area contributed by atoms with Crippen LogP contribution in [0, 0.1) is 0 Å². The van der Waals surface area contributed by atoms with Crippen molar-refractivity contribution in [2.75, 3.05) is 13.2 Å². The van der Waals surface area contributed by atoms with Crippen LogP contribution in [0.1, 0.15) is 290 Å². The highest BCUT2D eigenvalue weighted by molar-refractivity contribution is 5.71. The van der Waals surface area contributed by atoms with E-state index in [1.54, 1.807) is 0 Å². The molecule has 6 nitrogen and oxygen atoms in total. The van der Waals surface area contributed by atoms with Crippen molar-refractivity contribution in [2.45, 2.75) is 297 Å².